The van der Waals surface area contributed by atoms with E-state index in [0.29, 0.717) is 30.0 Å². The first-order valence-corrected chi connectivity index (χ1v) is 9.50. The van der Waals surface area contributed by atoms with Gasteiger partial charge in [-0.25, -0.2) is 9.18 Å². The summed E-state index contributed by atoms with van der Waals surface area (Å²) in [6.07, 6.45) is 0. The Morgan fingerprint density at radius 2 is 1.75 bits per heavy atom. The Morgan fingerprint density at radius 1 is 1.11 bits per heavy atom. The number of hydrogen-bond donors (Lipinski definition) is 0. The zero-order valence-corrected chi connectivity index (χ0v) is 16.6. The van der Waals surface area contributed by atoms with E-state index < -0.39 is 5.97 Å². The molecule has 0 spiro atoms. The number of hydrogen-bond acceptors (Lipinski definition) is 4. The highest BCUT2D eigenvalue weighted by Gasteiger charge is 2.24. The van der Waals surface area contributed by atoms with Crippen molar-refractivity contribution in [1.29, 1.82) is 0 Å². The summed E-state index contributed by atoms with van der Waals surface area (Å²) >= 11 is 0. The highest BCUT2D eigenvalue weighted by molar-refractivity contribution is 5.93. The number of amides is 1. The van der Waals surface area contributed by atoms with E-state index in [0.717, 1.165) is 18.7 Å². The second-order valence-electron chi connectivity index (χ2n) is 7.03. The predicted octanol–water partition coefficient (Wildman–Crippen LogP) is 2.55. The quantitative estimate of drug-likeness (QED) is 0.740. The van der Waals surface area contributed by atoms with Gasteiger partial charge in [0.2, 0.25) is 5.91 Å². The van der Waals surface area contributed by atoms with E-state index in [1.165, 1.54) is 12.1 Å². The minimum atomic E-state index is -0.422. The molecule has 1 amide bonds. The third-order valence-electron chi connectivity index (χ3n) is 5.15. The number of halogens is 1. The van der Waals surface area contributed by atoms with Crippen LogP contribution >= 0.6 is 0 Å². The van der Waals surface area contributed by atoms with Crippen molar-refractivity contribution in [3.05, 3.63) is 47.4 Å². The molecule has 7 heteroatoms. The Hall–Kier alpha value is -2.67. The fourth-order valence-corrected chi connectivity index (χ4v) is 3.42. The first-order chi connectivity index (χ1) is 13.4. The minimum Gasteiger partial charge on any atom is -0.462 e. The van der Waals surface area contributed by atoms with Gasteiger partial charge in [0.1, 0.15) is 12.4 Å². The van der Waals surface area contributed by atoms with Gasteiger partial charge < -0.3 is 19.1 Å². The van der Waals surface area contributed by atoms with E-state index in [4.69, 9.17) is 4.74 Å². The summed E-state index contributed by atoms with van der Waals surface area (Å²) in [5.41, 5.74) is 2.53. The fraction of sp³-hybridized carbons (Fsp3) is 0.429. The van der Waals surface area contributed by atoms with E-state index >= 15 is 0 Å². The molecule has 0 saturated carbocycles. The predicted molar refractivity (Wildman–Crippen MR) is 105 cm³/mol. The van der Waals surface area contributed by atoms with Crippen molar-refractivity contribution in [3.63, 3.8) is 0 Å². The third-order valence-corrected chi connectivity index (χ3v) is 5.15. The summed E-state index contributed by atoms with van der Waals surface area (Å²) in [5.74, 6) is -0.752. The second kappa shape index (κ2) is 8.56. The lowest BCUT2D eigenvalue weighted by atomic mass is 10.1. The zero-order chi connectivity index (χ0) is 20.3. The summed E-state index contributed by atoms with van der Waals surface area (Å²) in [6.45, 7) is 7.01. The van der Waals surface area contributed by atoms with E-state index in [9.17, 15) is 14.0 Å². The summed E-state index contributed by atoms with van der Waals surface area (Å²) < 4.78 is 20.3. The van der Waals surface area contributed by atoms with Crippen molar-refractivity contribution in [3.8, 4) is 11.3 Å². The van der Waals surface area contributed by atoms with Gasteiger partial charge >= 0.3 is 5.97 Å². The Morgan fingerprint density at radius 3 is 2.36 bits per heavy atom. The molecule has 1 aliphatic heterocycles. The monoisotopic (exact) mass is 387 g/mol. The molecule has 6 nitrogen and oxygen atoms in total. The molecular weight excluding hydrogens is 361 g/mol. The SMILES string of the molecule is CCOC(=O)c1cc(-c2ccc(F)cc2)n(CC(=O)N2CCN(C)CC2)c1C. The highest BCUT2D eigenvalue weighted by atomic mass is 19.1. The smallest absolute Gasteiger partial charge is 0.339 e. The Bertz CT molecular complexity index is 853. The molecule has 1 aromatic heterocycles. The maximum atomic E-state index is 13.4. The summed E-state index contributed by atoms with van der Waals surface area (Å²) in [7, 11) is 2.04. The summed E-state index contributed by atoms with van der Waals surface area (Å²) in [5, 5.41) is 0. The highest BCUT2D eigenvalue weighted by Crippen LogP contribution is 2.27. The molecule has 150 valence electrons. The van der Waals surface area contributed by atoms with Crippen LogP contribution in [0, 0.1) is 12.7 Å². The van der Waals surface area contributed by atoms with Crippen LogP contribution in [0.3, 0.4) is 0 Å². The van der Waals surface area contributed by atoms with Crippen LogP contribution in [0.5, 0.6) is 0 Å². The van der Waals surface area contributed by atoms with Gasteiger partial charge in [-0.05, 0) is 56.8 Å². The van der Waals surface area contributed by atoms with Crippen molar-refractivity contribution in [2.75, 3.05) is 39.8 Å². The van der Waals surface area contributed by atoms with E-state index in [2.05, 4.69) is 4.90 Å². The molecular formula is C21H26FN3O3. The van der Waals surface area contributed by atoms with Gasteiger partial charge in [0.15, 0.2) is 0 Å². The molecule has 0 N–H and O–H groups in total. The molecule has 28 heavy (non-hydrogen) atoms. The normalized spacial score (nSPS) is 14.9. The Balaban J connectivity index is 1.94. The Labute approximate surface area is 164 Å². The lowest BCUT2D eigenvalue weighted by Crippen LogP contribution is -2.48. The summed E-state index contributed by atoms with van der Waals surface area (Å²) in [6, 6.07) is 7.76. The number of ether oxygens (including phenoxy) is 1. The zero-order valence-electron chi connectivity index (χ0n) is 16.6. The number of piperazine rings is 1. The third kappa shape index (κ3) is 4.25. The van der Waals surface area contributed by atoms with Gasteiger partial charge in [0.05, 0.1) is 12.2 Å². The molecule has 1 aromatic carbocycles. The largest absolute Gasteiger partial charge is 0.462 e. The van der Waals surface area contributed by atoms with Crippen LogP contribution in [0.4, 0.5) is 4.39 Å². The van der Waals surface area contributed by atoms with Crippen molar-refractivity contribution in [1.82, 2.24) is 14.4 Å². The van der Waals surface area contributed by atoms with E-state index in [1.54, 1.807) is 32.0 Å². The Kier molecular flexibility index (Phi) is 6.14. The fourth-order valence-electron chi connectivity index (χ4n) is 3.42. The van der Waals surface area contributed by atoms with Gasteiger partial charge in [0.25, 0.3) is 0 Å². The summed E-state index contributed by atoms with van der Waals surface area (Å²) in [4.78, 5) is 29.3. The van der Waals surface area contributed by atoms with Gasteiger partial charge in [-0.1, -0.05) is 0 Å². The maximum absolute atomic E-state index is 13.4. The van der Waals surface area contributed by atoms with Crippen LogP contribution in [0.2, 0.25) is 0 Å². The maximum Gasteiger partial charge on any atom is 0.339 e. The number of esters is 1. The molecule has 2 heterocycles. The number of nitrogens with zero attached hydrogens (tertiary/aromatic N) is 3. The molecule has 0 bridgehead atoms. The average molecular weight is 387 g/mol. The topological polar surface area (TPSA) is 54.8 Å². The lowest BCUT2D eigenvalue weighted by Gasteiger charge is -2.32. The number of carbonyl (C=O) groups excluding carboxylic acids is 2. The molecule has 0 unspecified atom stereocenters. The van der Waals surface area contributed by atoms with Crippen molar-refractivity contribution in [2.45, 2.75) is 20.4 Å². The molecule has 0 aliphatic carbocycles. The van der Waals surface area contributed by atoms with E-state index in [1.807, 2.05) is 16.5 Å². The number of rotatable bonds is 5. The average Bonchev–Trinajstić information content (AvgIpc) is 3.00. The van der Waals surface area contributed by atoms with Gasteiger partial charge in [-0.15, -0.1) is 0 Å². The van der Waals surface area contributed by atoms with Crippen LogP contribution in [0.1, 0.15) is 23.0 Å². The van der Waals surface area contributed by atoms with Crippen molar-refractivity contribution >= 4 is 11.9 Å². The molecule has 3 rings (SSSR count). The first-order valence-electron chi connectivity index (χ1n) is 9.50. The molecule has 1 fully saturated rings. The van der Waals surface area contributed by atoms with Crippen LogP contribution in [0.25, 0.3) is 11.3 Å². The van der Waals surface area contributed by atoms with Crippen LogP contribution in [0.15, 0.2) is 30.3 Å². The first kappa shape index (κ1) is 20.1. The number of benzene rings is 1. The standard InChI is InChI=1S/C21H26FN3O3/c1-4-28-21(27)18-13-19(16-5-7-17(22)8-6-16)25(15(18)2)14-20(26)24-11-9-23(3)10-12-24/h5-8,13H,4,9-12,14H2,1-3H3. The van der Waals surface area contributed by atoms with Crippen LogP contribution in [-0.2, 0) is 16.1 Å². The number of carbonyl (C=O) groups is 2. The molecule has 1 saturated heterocycles. The molecule has 0 radical (unpaired) electrons. The minimum absolute atomic E-state index is 0.00516. The molecule has 0 atom stereocenters. The van der Waals surface area contributed by atoms with Crippen molar-refractivity contribution < 1.29 is 18.7 Å². The second-order valence-corrected chi connectivity index (χ2v) is 7.03. The van der Waals surface area contributed by atoms with Crippen molar-refractivity contribution in [2.24, 2.45) is 0 Å². The lowest BCUT2D eigenvalue weighted by molar-refractivity contribution is -0.133. The van der Waals surface area contributed by atoms with Crippen LogP contribution in [-0.4, -0.2) is 66.1 Å². The van der Waals surface area contributed by atoms with Crippen LogP contribution < -0.4 is 0 Å². The van der Waals surface area contributed by atoms with Gasteiger partial charge in [-0.3, -0.25) is 4.79 Å². The van der Waals surface area contributed by atoms with Gasteiger partial charge in [-0.2, -0.15) is 0 Å². The molecule has 2 aromatic rings. The van der Waals surface area contributed by atoms with Gasteiger partial charge in [0, 0.05) is 37.6 Å². The van der Waals surface area contributed by atoms with E-state index in [-0.39, 0.29) is 24.9 Å². The number of likely N-dealkylation sites (N-methyl/N-ethyl adjacent to an activating group) is 1. The number of aromatic nitrogens is 1. The molecule has 1 aliphatic rings.